The van der Waals surface area contributed by atoms with Gasteiger partial charge in [0.05, 0.1) is 19.2 Å². The lowest BCUT2D eigenvalue weighted by Gasteiger charge is -2.04. The second-order valence-corrected chi connectivity index (χ2v) is 5.74. The first-order valence-electron chi connectivity index (χ1n) is 7.20. The highest BCUT2D eigenvalue weighted by atomic mass is 35.5. The van der Waals surface area contributed by atoms with Crippen molar-refractivity contribution in [2.75, 3.05) is 7.11 Å². The van der Waals surface area contributed by atoms with Crippen molar-refractivity contribution in [3.63, 3.8) is 0 Å². The van der Waals surface area contributed by atoms with Crippen LogP contribution in [0.4, 0.5) is 0 Å². The molecule has 2 N–H and O–H groups in total. The summed E-state index contributed by atoms with van der Waals surface area (Å²) in [6, 6.07) is 11.2. The van der Waals surface area contributed by atoms with Gasteiger partial charge in [0.25, 0.3) is 0 Å². The molecule has 0 aliphatic carbocycles. The maximum Gasteiger partial charge on any atom is 0.310 e. The summed E-state index contributed by atoms with van der Waals surface area (Å²) in [6.45, 7) is 0. The highest BCUT2D eigenvalue weighted by Crippen LogP contribution is 2.28. The molecule has 3 rings (SSSR count). The number of ketones is 1. The van der Waals surface area contributed by atoms with Gasteiger partial charge in [-0.25, -0.2) is 0 Å². The number of aromatic amines is 1. The SMILES string of the molecule is COC(=O)Cc1c(C(=O)c2cccc(O)c2)[nH]c2cc(Cl)ccc12. The fourth-order valence-electron chi connectivity index (χ4n) is 2.61. The molecule has 0 amide bonds. The molecule has 0 aliphatic rings. The Hall–Kier alpha value is -2.79. The summed E-state index contributed by atoms with van der Waals surface area (Å²) in [7, 11) is 1.30. The molecule has 122 valence electrons. The van der Waals surface area contributed by atoms with Gasteiger partial charge in [-0.2, -0.15) is 0 Å². The third-order valence-corrected chi connectivity index (χ3v) is 3.99. The van der Waals surface area contributed by atoms with E-state index in [9.17, 15) is 14.7 Å². The highest BCUT2D eigenvalue weighted by Gasteiger charge is 2.21. The number of carbonyl (C=O) groups excluding carboxylic acids is 2. The number of aromatic nitrogens is 1. The Kier molecular flexibility index (Phi) is 4.27. The van der Waals surface area contributed by atoms with Gasteiger partial charge in [-0.05, 0) is 24.3 Å². The molecule has 0 bridgehead atoms. The van der Waals surface area contributed by atoms with Crippen LogP contribution in [0.15, 0.2) is 42.5 Å². The number of hydrogen-bond donors (Lipinski definition) is 2. The zero-order valence-electron chi connectivity index (χ0n) is 12.8. The molecule has 1 aromatic heterocycles. The Labute approximate surface area is 142 Å². The Balaban J connectivity index is 2.16. The number of fused-ring (bicyclic) bond motifs is 1. The van der Waals surface area contributed by atoms with Gasteiger partial charge < -0.3 is 14.8 Å². The van der Waals surface area contributed by atoms with E-state index in [0.717, 1.165) is 5.39 Å². The molecular formula is C18H14ClNO4. The van der Waals surface area contributed by atoms with E-state index in [1.54, 1.807) is 30.3 Å². The molecule has 2 aromatic carbocycles. The molecule has 0 saturated heterocycles. The maximum absolute atomic E-state index is 12.8. The zero-order chi connectivity index (χ0) is 17.3. The van der Waals surface area contributed by atoms with Gasteiger partial charge in [0.15, 0.2) is 0 Å². The number of benzene rings is 2. The molecule has 6 heteroatoms. The molecule has 0 saturated carbocycles. The van der Waals surface area contributed by atoms with Crippen LogP contribution in [0.2, 0.25) is 5.02 Å². The number of methoxy groups -OCH3 is 1. The lowest BCUT2D eigenvalue weighted by Crippen LogP contribution is -2.10. The third-order valence-electron chi connectivity index (χ3n) is 3.75. The number of hydrogen-bond acceptors (Lipinski definition) is 4. The van der Waals surface area contributed by atoms with Crippen LogP contribution in [0, 0.1) is 0 Å². The first kappa shape index (κ1) is 16.1. The second kappa shape index (κ2) is 6.37. The molecule has 0 spiro atoms. The predicted molar refractivity (Wildman–Crippen MR) is 90.6 cm³/mol. The normalized spacial score (nSPS) is 10.8. The molecule has 0 radical (unpaired) electrons. The van der Waals surface area contributed by atoms with Crippen molar-refractivity contribution in [1.82, 2.24) is 4.98 Å². The maximum atomic E-state index is 12.8. The average molecular weight is 344 g/mol. The van der Waals surface area contributed by atoms with Crippen molar-refractivity contribution >= 4 is 34.3 Å². The number of H-pyrrole nitrogens is 1. The van der Waals surface area contributed by atoms with Crippen LogP contribution in [0.3, 0.4) is 0 Å². The van der Waals surface area contributed by atoms with Crippen LogP contribution in [-0.4, -0.2) is 29.0 Å². The van der Waals surface area contributed by atoms with Gasteiger partial charge in [0.2, 0.25) is 5.78 Å². The number of esters is 1. The van der Waals surface area contributed by atoms with E-state index in [1.165, 1.54) is 19.2 Å². The van der Waals surface area contributed by atoms with Gasteiger partial charge in [-0.1, -0.05) is 29.8 Å². The van der Waals surface area contributed by atoms with E-state index in [-0.39, 0.29) is 23.6 Å². The van der Waals surface area contributed by atoms with E-state index in [0.29, 0.717) is 21.7 Å². The molecule has 24 heavy (non-hydrogen) atoms. The van der Waals surface area contributed by atoms with E-state index in [4.69, 9.17) is 16.3 Å². The summed E-state index contributed by atoms with van der Waals surface area (Å²) in [5.74, 6) is -0.776. The quantitative estimate of drug-likeness (QED) is 0.561. The summed E-state index contributed by atoms with van der Waals surface area (Å²) in [4.78, 5) is 27.6. The van der Waals surface area contributed by atoms with E-state index in [2.05, 4.69) is 4.98 Å². The number of carbonyl (C=O) groups is 2. The number of phenolic OH excluding ortho intramolecular Hbond substituents is 1. The van der Waals surface area contributed by atoms with Crippen molar-refractivity contribution in [1.29, 1.82) is 0 Å². The fraction of sp³-hybridized carbons (Fsp3) is 0.111. The Morgan fingerprint density at radius 1 is 1.21 bits per heavy atom. The molecule has 1 heterocycles. The van der Waals surface area contributed by atoms with Crippen molar-refractivity contribution in [2.24, 2.45) is 0 Å². The summed E-state index contributed by atoms with van der Waals surface area (Å²) < 4.78 is 4.73. The van der Waals surface area contributed by atoms with Crippen LogP contribution in [0.5, 0.6) is 5.75 Å². The molecule has 0 unspecified atom stereocenters. The van der Waals surface area contributed by atoms with E-state index < -0.39 is 5.97 Å². The van der Waals surface area contributed by atoms with Gasteiger partial charge in [0, 0.05) is 27.1 Å². The number of halogens is 1. The van der Waals surface area contributed by atoms with Crippen LogP contribution in [0.25, 0.3) is 10.9 Å². The zero-order valence-corrected chi connectivity index (χ0v) is 13.6. The summed E-state index contributed by atoms with van der Waals surface area (Å²) in [5, 5.41) is 10.8. The minimum atomic E-state index is -0.448. The Morgan fingerprint density at radius 2 is 2.00 bits per heavy atom. The monoisotopic (exact) mass is 343 g/mol. The predicted octanol–water partition coefficient (Wildman–Crippen LogP) is 3.47. The molecule has 0 aliphatic heterocycles. The van der Waals surface area contributed by atoms with Crippen molar-refractivity contribution in [2.45, 2.75) is 6.42 Å². The largest absolute Gasteiger partial charge is 0.508 e. The number of phenols is 1. The van der Waals surface area contributed by atoms with E-state index >= 15 is 0 Å². The summed E-state index contributed by atoms with van der Waals surface area (Å²) in [6.07, 6.45) is -0.0436. The third kappa shape index (κ3) is 2.98. The number of ether oxygens (including phenoxy) is 1. The van der Waals surface area contributed by atoms with Gasteiger partial charge in [0.1, 0.15) is 5.75 Å². The second-order valence-electron chi connectivity index (χ2n) is 5.30. The lowest BCUT2D eigenvalue weighted by molar-refractivity contribution is -0.139. The van der Waals surface area contributed by atoms with Crippen LogP contribution >= 0.6 is 11.6 Å². The van der Waals surface area contributed by atoms with Gasteiger partial charge >= 0.3 is 5.97 Å². The average Bonchev–Trinajstić information content (AvgIpc) is 2.91. The first-order chi connectivity index (χ1) is 11.5. The number of rotatable bonds is 4. The highest BCUT2D eigenvalue weighted by molar-refractivity contribution is 6.31. The van der Waals surface area contributed by atoms with Crippen LogP contribution in [0.1, 0.15) is 21.6 Å². The molecule has 5 nitrogen and oxygen atoms in total. The summed E-state index contributed by atoms with van der Waals surface area (Å²) in [5.41, 5.74) is 1.80. The molecular weight excluding hydrogens is 330 g/mol. The van der Waals surface area contributed by atoms with Crippen molar-refractivity contribution < 1.29 is 19.4 Å². The van der Waals surface area contributed by atoms with Crippen molar-refractivity contribution in [3.05, 3.63) is 64.3 Å². The van der Waals surface area contributed by atoms with E-state index in [1.807, 2.05) is 0 Å². The standard InChI is InChI=1S/C18H14ClNO4/c1-24-16(22)9-14-13-6-5-11(19)8-15(13)20-17(14)18(23)10-3-2-4-12(21)7-10/h2-8,20-21H,9H2,1H3. The topological polar surface area (TPSA) is 79.4 Å². The van der Waals surface area contributed by atoms with Crippen LogP contribution in [-0.2, 0) is 16.0 Å². The fourth-order valence-corrected chi connectivity index (χ4v) is 2.79. The van der Waals surface area contributed by atoms with Gasteiger partial charge in [-0.15, -0.1) is 0 Å². The smallest absolute Gasteiger partial charge is 0.310 e. The molecule has 0 atom stereocenters. The lowest BCUT2D eigenvalue weighted by atomic mass is 10.0. The van der Waals surface area contributed by atoms with Gasteiger partial charge in [-0.3, -0.25) is 9.59 Å². The first-order valence-corrected chi connectivity index (χ1v) is 7.58. The van der Waals surface area contributed by atoms with Crippen LogP contribution < -0.4 is 0 Å². The summed E-state index contributed by atoms with van der Waals surface area (Å²) >= 11 is 6.00. The molecule has 3 aromatic rings. The minimum Gasteiger partial charge on any atom is -0.508 e. The Bertz CT molecular complexity index is 945. The number of aromatic hydroxyl groups is 1. The molecule has 0 fully saturated rings. The number of nitrogens with one attached hydrogen (secondary N) is 1. The Morgan fingerprint density at radius 3 is 2.71 bits per heavy atom. The minimum absolute atomic E-state index is 0.00507. The van der Waals surface area contributed by atoms with Crippen molar-refractivity contribution in [3.8, 4) is 5.75 Å².